The van der Waals surface area contributed by atoms with E-state index >= 15 is 0 Å². The van der Waals surface area contributed by atoms with Crippen molar-refractivity contribution in [2.45, 2.75) is 6.18 Å². The van der Waals surface area contributed by atoms with Gasteiger partial charge in [0.1, 0.15) is 0 Å². The molecular formula is C12H13F3N2O4S2. The molecule has 2 N–H and O–H groups in total. The zero-order chi connectivity index (χ0) is 17.3. The summed E-state index contributed by atoms with van der Waals surface area (Å²) >= 11 is 1.58. The minimum Gasteiger partial charge on any atom is -0.478 e. The van der Waals surface area contributed by atoms with Crippen molar-refractivity contribution in [1.29, 1.82) is 0 Å². The van der Waals surface area contributed by atoms with Crippen molar-refractivity contribution in [3.05, 3.63) is 29.3 Å². The Morgan fingerprint density at radius 3 is 2.39 bits per heavy atom. The largest absolute Gasteiger partial charge is 0.478 e. The van der Waals surface area contributed by atoms with Gasteiger partial charge < -0.3 is 5.11 Å². The molecule has 0 amide bonds. The summed E-state index contributed by atoms with van der Waals surface area (Å²) in [4.78, 5) is 11.1. The first-order chi connectivity index (χ1) is 10.6. The number of nitrogens with zero attached hydrogens (tertiary/aromatic N) is 1. The maximum absolute atomic E-state index is 12.6. The monoisotopic (exact) mass is 370 g/mol. The Balaban J connectivity index is 2.33. The Labute approximate surface area is 134 Å². The van der Waals surface area contributed by atoms with Crippen LogP contribution in [0.1, 0.15) is 15.9 Å². The minimum absolute atomic E-state index is 0.253. The molecule has 0 radical (unpaired) electrons. The number of nitrogens with one attached hydrogen (secondary N) is 1. The third-order valence-electron chi connectivity index (χ3n) is 3.13. The number of halogens is 3. The van der Waals surface area contributed by atoms with E-state index in [0.717, 1.165) is 10.4 Å². The molecule has 0 spiro atoms. The molecule has 0 saturated carbocycles. The number of thioether (sulfide) groups is 1. The zero-order valence-electron chi connectivity index (χ0n) is 11.6. The fourth-order valence-corrected chi connectivity index (χ4v) is 4.36. The second-order valence-electron chi connectivity index (χ2n) is 4.68. The molecule has 1 aromatic rings. The van der Waals surface area contributed by atoms with E-state index in [9.17, 15) is 26.4 Å². The number of hydrogen-bond donors (Lipinski definition) is 2. The summed E-state index contributed by atoms with van der Waals surface area (Å²) in [6.45, 7) is 0.506. The van der Waals surface area contributed by atoms with Gasteiger partial charge in [0.15, 0.2) is 0 Å². The summed E-state index contributed by atoms with van der Waals surface area (Å²) in [5, 5.41) is 9.04. The summed E-state index contributed by atoms with van der Waals surface area (Å²) in [6, 6.07) is 1.85. The maximum Gasteiger partial charge on any atom is 0.416 e. The van der Waals surface area contributed by atoms with Gasteiger partial charge in [-0.15, -0.1) is 0 Å². The Morgan fingerprint density at radius 2 is 1.87 bits per heavy atom. The van der Waals surface area contributed by atoms with Crippen molar-refractivity contribution in [1.82, 2.24) is 4.31 Å². The lowest BCUT2D eigenvalue weighted by Gasteiger charge is -2.26. The van der Waals surface area contributed by atoms with Crippen LogP contribution in [0.2, 0.25) is 0 Å². The number of anilines is 1. The number of rotatable bonds is 4. The van der Waals surface area contributed by atoms with Crippen LogP contribution in [0, 0.1) is 0 Å². The number of benzene rings is 1. The normalized spacial score (nSPS) is 17.0. The van der Waals surface area contributed by atoms with Gasteiger partial charge >= 0.3 is 22.4 Å². The molecule has 1 saturated heterocycles. The fraction of sp³-hybridized carbons (Fsp3) is 0.417. The molecule has 6 nitrogen and oxygen atoms in total. The van der Waals surface area contributed by atoms with Gasteiger partial charge in [0.25, 0.3) is 0 Å². The number of hydrogen-bond acceptors (Lipinski definition) is 4. The summed E-state index contributed by atoms with van der Waals surface area (Å²) in [5.41, 5.74) is -2.31. The van der Waals surface area contributed by atoms with E-state index in [-0.39, 0.29) is 13.1 Å². The maximum atomic E-state index is 12.6. The molecule has 0 aromatic heterocycles. The molecule has 128 valence electrons. The van der Waals surface area contributed by atoms with Crippen LogP contribution in [0.5, 0.6) is 0 Å². The molecule has 1 heterocycles. The second kappa shape index (κ2) is 6.57. The first-order valence-electron chi connectivity index (χ1n) is 6.41. The zero-order valence-corrected chi connectivity index (χ0v) is 13.3. The Morgan fingerprint density at radius 1 is 1.26 bits per heavy atom. The Bertz CT molecular complexity index is 701. The smallest absolute Gasteiger partial charge is 0.416 e. The highest BCUT2D eigenvalue weighted by Crippen LogP contribution is 2.32. The predicted octanol–water partition coefficient (Wildman–Crippen LogP) is 2.11. The number of carboxylic acids is 1. The molecule has 1 aliphatic rings. The van der Waals surface area contributed by atoms with Crippen LogP contribution in [-0.4, -0.2) is 48.4 Å². The van der Waals surface area contributed by atoms with Crippen molar-refractivity contribution in [3.8, 4) is 0 Å². The third-order valence-corrected chi connectivity index (χ3v) is 5.59. The molecule has 0 aliphatic carbocycles. The average Bonchev–Trinajstić information content (AvgIpc) is 2.46. The van der Waals surface area contributed by atoms with E-state index in [1.807, 2.05) is 0 Å². The van der Waals surface area contributed by atoms with Crippen LogP contribution in [0.15, 0.2) is 18.2 Å². The lowest BCUT2D eigenvalue weighted by molar-refractivity contribution is -0.137. The molecule has 0 bridgehead atoms. The second-order valence-corrected chi connectivity index (χ2v) is 7.58. The van der Waals surface area contributed by atoms with Gasteiger partial charge in [0.2, 0.25) is 0 Å². The van der Waals surface area contributed by atoms with E-state index in [4.69, 9.17) is 5.11 Å². The minimum atomic E-state index is -4.72. The Kier molecular flexibility index (Phi) is 5.11. The Hall–Kier alpha value is -1.46. The number of carboxylic acid groups (broad SMARTS) is 1. The van der Waals surface area contributed by atoms with Crippen LogP contribution >= 0.6 is 11.8 Å². The van der Waals surface area contributed by atoms with Crippen molar-refractivity contribution in [2.24, 2.45) is 0 Å². The summed E-state index contributed by atoms with van der Waals surface area (Å²) in [7, 11) is -4.02. The molecule has 0 atom stereocenters. The highest BCUT2D eigenvalue weighted by Gasteiger charge is 2.33. The third kappa shape index (κ3) is 4.30. The lowest BCUT2D eigenvalue weighted by Crippen LogP contribution is -2.41. The lowest BCUT2D eigenvalue weighted by atomic mass is 10.1. The average molecular weight is 370 g/mol. The molecule has 2 rings (SSSR count). The van der Waals surface area contributed by atoms with E-state index in [0.29, 0.717) is 23.6 Å². The summed E-state index contributed by atoms with van der Waals surface area (Å²) in [6.07, 6.45) is -4.72. The van der Waals surface area contributed by atoms with Crippen molar-refractivity contribution < 1.29 is 31.5 Å². The molecular weight excluding hydrogens is 357 g/mol. The van der Waals surface area contributed by atoms with Gasteiger partial charge in [-0.05, 0) is 18.2 Å². The van der Waals surface area contributed by atoms with Crippen molar-refractivity contribution in [2.75, 3.05) is 29.3 Å². The van der Waals surface area contributed by atoms with Gasteiger partial charge in [-0.25, -0.2) is 4.79 Å². The molecule has 1 aliphatic heterocycles. The number of aromatic carboxylic acids is 1. The van der Waals surface area contributed by atoms with Crippen molar-refractivity contribution >= 4 is 33.6 Å². The van der Waals surface area contributed by atoms with Crippen LogP contribution in [0.3, 0.4) is 0 Å². The summed E-state index contributed by atoms with van der Waals surface area (Å²) in [5.74, 6) is -0.456. The molecule has 11 heteroatoms. The topological polar surface area (TPSA) is 86.7 Å². The van der Waals surface area contributed by atoms with Crippen LogP contribution < -0.4 is 4.72 Å². The standard InChI is InChI=1S/C12H13F3N2O4S2/c13-12(14,15)8-1-2-10(9(7-8)11(18)19)16-23(20,21)17-3-5-22-6-4-17/h1-2,7,16H,3-6H2,(H,18,19). The van der Waals surface area contributed by atoms with Crippen LogP contribution in [0.25, 0.3) is 0 Å². The molecule has 23 heavy (non-hydrogen) atoms. The molecule has 0 unspecified atom stereocenters. The van der Waals surface area contributed by atoms with Gasteiger partial charge in [-0.3, -0.25) is 4.72 Å². The first-order valence-corrected chi connectivity index (χ1v) is 9.01. The number of alkyl halides is 3. The van der Waals surface area contributed by atoms with Crippen LogP contribution in [0.4, 0.5) is 18.9 Å². The highest BCUT2D eigenvalue weighted by molar-refractivity contribution is 7.99. The predicted molar refractivity (Wildman–Crippen MR) is 79.8 cm³/mol. The molecule has 1 aromatic carbocycles. The summed E-state index contributed by atoms with van der Waals surface area (Å²) < 4.78 is 65.5. The van der Waals surface area contributed by atoms with E-state index < -0.39 is 39.2 Å². The highest BCUT2D eigenvalue weighted by atomic mass is 32.2. The van der Waals surface area contributed by atoms with Crippen LogP contribution in [-0.2, 0) is 16.4 Å². The quantitative estimate of drug-likeness (QED) is 0.848. The van der Waals surface area contributed by atoms with Crippen molar-refractivity contribution in [3.63, 3.8) is 0 Å². The van der Waals surface area contributed by atoms with Gasteiger partial charge in [-0.2, -0.15) is 37.7 Å². The van der Waals surface area contributed by atoms with E-state index in [2.05, 4.69) is 4.72 Å². The van der Waals surface area contributed by atoms with Gasteiger partial charge in [0, 0.05) is 24.6 Å². The van der Waals surface area contributed by atoms with Gasteiger partial charge in [-0.1, -0.05) is 0 Å². The van der Waals surface area contributed by atoms with E-state index in [1.165, 1.54) is 0 Å². The SMILES string of the molecule is O=C(O)c1cc(C(F)(F)F)ccc1NS(=O)(=O)N1CCSCC1. The first kappa shape index (κ1) is 17.9. The van der Waals surface area contributed by atoms with Gasteiger partial charge in [0.05, 0.1) is 16.8 Å². The molecule has 1 fully saturated rings. The number of carbonyl (C=O) groups is 1. The fourth-order valence-electron chi connectivity index (χ4n) is 1.98. The van der Waals surface area contributed by atoms with E-state index in [1.54, 1.807) is 11.8 Å².